The van der Waals surface area contributed by atoms with Gasteiger partial charge in [0.25, 0.3) is 5.91 Å². The topological polar surface area (TPSA) is 78.0 Å². The van der Waals surface area contributed by atoms with E-state index in [2.05, 4.69) is 4.98 Å². The second kappa shape index (κ2) is 8.63. The van der Waals surface area contributed by atoms with Crippen molar-refractivity contribution in [1.29, 1.82) is 0 Å². The molecule has 1 aromatic heterocycles. The predicted molar refractivity (Wildman–Crippen MR) is 117 cm³/mol. The molecule has 0 saturated heterocycles. The fraction of sp³-hybridized carbons (Fsp3) is 0.292. The van der Waals surface area contributed by atoms with Gasteiger partial charge in [0.05, 0.1) is 31.0 Å². The Morgan fingerprint density at radius 1 is 1.03 bits per heavy atom. The zero-order valence-electron chi connectivity index (χ0n) is 17.8. The third-order valence-corrected chi connectivity index (χ3v) is 5.47. The number of hydrogen-bond donors (Lipinski definition) is 0. The standard InChI is InChI=1S/C24H24N2O5/c1-15-20(12-16-6-7-19(30-3)13-21(16)25-15)24(28)31-14-23(27)26-10-4-5-17-11-18(29-2)8-9-22(17)26/h6-9,11-13H,4-5,10,14H2,1-3H3. The number of benzene rings is 2. The van der Waals surface area contributed by atoms with Gasteiger partial charge in [0, 0.05) is 23.7 Å². The molecule has 0 aliphatic carbocycles. The van der Waals surface area contributed by atoms with Crippen LogP contribution in [0, 0.1) is 6.92 Å². The molecule has 3 aromatic rings. The van der Waals surface area contributed by atoms with Gasteiger partial charge in [-0.25, -0.2) is 4.79 Å². The Morgan fingerprint density at radius 2 is 1.77 bits per heavy atom. The normalized spacial score (nSPS) is 12.9. The first-order valence-electron chi connectivity index (χ1n) is 10.1. The van der Waals surface area contributed by atoms with Crippen LogP contribution in [0.25, 0.3) is 10.9 Å². The van der Waals surface area contributed by atoms with Crippen LogP contribution in [0.15, 0.2) is 42.5 Å². The van der Waals surface area contributed by atoms with Gasteiger partial charge in [-0.1, -0.05) is 0 Å². The number of hydrogen-bond acceptors (Lipinski definition) is 6. The van der Waals surface area contributed by atoms with E-state index in [9.17, 15) is 9.59 Å². The molecule has 1 aliphatic rings. The molecule has 0 radical (unpaired) electrons. The highest BCUT2D eigenvalue weighted by Gasteiger charge is 2.24. The molecule has 7 nitrogen and oxygen atoms in total. The van der Waals surface area contributed by atoms with Crippen molar-refractivity contribution >= 4 is 28.5 Å². The van der Waals surface area contributed by atoms with Crippen molar-refractivity contribution < 1.29 is 23.8 Å². The lowest BCUT2D eigenvalue weighted by Crippen LogP contribution is -2.38. The molecule has 0 fully saturated rings. The lowest BCUT2D eigenvalue weighted by Gasteiger charge is -2.29. The summed E-state index contributed by atoms with van der Waals surface area (Å²) in [5.41, 5.74) is 3.49. The zero-order valence-corrected chi connectivity index (χ0v) is 17.8. The highest BCUT2D eigenvalue weighted by molar-refractivity contribution is 5.99. The van der Waals surface area contributed by atoms with Gasteiger partial charge in [-0.05, 0) is 61.7 Å². The minimum Gasteiger partial charge on any atom is -0.497 e. The van der Waals surface area contributed by atoms with Crippen molar-refractivity contribution in [3.63, 3.8) is 0 Å². The summed E-state index contributed by atoms with van der Waals surface area (Å²) >= 11 is 0. The number of nitrogens with zero attached hydrogens (tertiary/aromatic N) is 2. The fourth-order valence-electron chi connectivity index (χ4n) is 3.82. The zero-order chi connectivity index (χ0) is 22.0. The Kier molecular flexibility index (Phi) is 5.75. The molecule has 1 amide bonds. The number of aryl methyl sites for hydroxylation is 2. The molecule has 160 valence electrons. The maximum absolute atomic E-state index is 12.8. The van der Waals surface area contributed by atoms with Crippen LogP contribution in [-0.4, -0.2) is 44.2 Å². The van der Waals surface area contributed by atoms with Gasteiger partial charge in [-0.3, -0.25) is 9.78 Å². The first kappa shape index (κ1) is 20.7. The first-order valence-corrected chi connectivity index (χ1v) is 10.1. The molecule has 0 saturated carbocycles. The Labute approximate surface area is 180 Å². The average molecular weight is 420 g/mol. The third kappa shape index (κ3) is 4.17. The van der Waals surface area contributed by atoms with Crippen LogP contribution in [0.1, 0.15) is 28.0 Å². The summed E-state index contributed by atoms with van der Waals surface area (Å²) in [6.07, 6.45) is 1.72. The number of carbonyl (C=O) groups excluding carboxylic acids is 2. The number of fused-ring (bicyclic) bond motifs is 2. The van der Waals surface area contributed by atoms with E-state index in [0.29, 0.717) is 23.6 Å². The van der Waals surface area contributed by atoms with Crippen LogP contribution >= 0.6 is 0 Å². The highest BCUT2D eigenvalue weighted by atomic mass is 16.5. The van der Waals surface area contributed by atoms with E-state index in [4.69, 9.17) is 14.2 Å². The summed E-state index contributed by atoms with van der Waals surface area (Å²) in [5, 5.41) is 0.795. The number of esters is 1. The molecule has 0 atom stereocenters. The summed E-state index contributed by atoms with van der Waals surface area (Å²) in [5.74, 6) is 0.634. The number of amides is 1. The van der Waals surface area contributed by atoms with Gasteiger partial charge in [0.2, 0.25) is 0 Å². The lowest BCUT2D eigenvalue weighted by atomic mass is 10.0. The summed E-state index contributed by atoms with van der Waals surface area (Å²) in [7, 11) is 3.21. The molecule has 0 unspecified atom stereocenters. The second-order valence-electron chi connectivity index (χ2n) is 7.40. The molecule has 0 N–H and O–H groups in total. The molecule has 0 spiro atoms. The molecular weight excluding hydrogens is 396 g/mol. The number of aromatic nitrogens is 1. The minimum absolute atomic E-state index is 0.254. The van der Waals surface area contributed by atoms with E-state index >= 15 is 0 Å². The summed E-state index contributed by atoms with van der Waals surface area (Å²) in [6.45, 7) is 2.00. The van der Waals surface area contributed by atoms with Crippen molar-refractivity contribution in [1.82, 2.24) is 4.98 Å². The summed E-state index contributed by atoms with van der Waals surface area (Å²) in [4.78, 5) is 31.6. The number of anilines is 1. The molecule has 4 rings (SSSR count). The summed E-state index contributed by atoms with van der Waals surface area (Å²) in [6, 6.07) is 12.8. The first-order chi connectivity index (χ1) is 15.0. The third-order valence-electron chi connectivity index (χ3n) is 5.47. The largest absolute Gasteiger partial charge is 0.497 e. The smallest absolute Gasteiger partial charge is 0.340 e. The van der Waals surface area contributed by atoms with Crippen molar-refractivity contribution in [2.24, 2.45) is 0 Å². The predicted octanol–water partition coefficient (Wildman–Crippen LogP) is 3.70. The van der Waals surface area contributed by atoms with Crippen molar-refractivity contribution in [3.05, 3.63) is 59.3 Å². The van der Waals surface area contributed by atoms with Crippen LogP contribution in [0.3, 0.4) is 0 Å². The van der Waals surface area contributed by atoms with E-state index < -0.39 is 5.97 Å². The molecule has 1 aliphatic heterocycles. The Hall–Kier alpha value is -3.61. The van der Waals surface area contributed by atoms with Crippen molar-refractivity contribution in [2.75, 3.05) is 32.3 Å². The van der Waals surface area contributed by atoms with Crippen LogP contribution in [0.2, 0.25) is 0 Å². The van der Waals surface area contributed by atoms with Gasteiger partial charge in [-0.15, -0.1) is 0 Å². The van der Waals surface area contributed by atoms with Crippen molar-refractivity contribution in [3.8, 4) is 11.5 Å². The number of carbonyl (C=O) groups is 2. The Bertz CT molecular complexity index is 1160. The van der Waals surface area contributed by atoms with E-state index in [1.54, 1.807) is 38.2 Å². The number of methoxy groups -OCH3 is 2. The van der Waals surface area contributed by atoms with Crippen LogP contribution in [-0.2, 0) is 16.0 Å². The molecule has 2 aromatic carbocycles. The maximum atomic E-state index is 12.8. The SMILES string of the molecule is COc1ccc2c(c1)CCCN2C(=O)COC(=O)c1cc2ccc(OC)cc2nc1C. The maximum Gasteiger partial charge on any atom is 0.340 e. The molecule has 31 heavy (non-hydrogen) atoms. The quantitative estimate of drug-likeness (QED) is 0.586. The molecular formula is C24H24N2O5. The lowest BCUT2D eigenvalue weighted by molar-refractivity contribution is -0.121. The molecule has 2 heterocycles. The van der Waals surface area contributed by atoms with Gasteiger partial charge in [0.1, 0.15) is 11.5 Å². The van der Waals surface area contributed by atoms with E-state index in [1.807, 2.05) is 30.3 Å². The number of pyridine rings is 1. The van der Waals surface area contributed by atoms with E-state index in [-0.39, 0.29) is 12.5 Å². The number of ether oxygens (including phenoxy) is 3. The van der Waals surface area contributed by atoms with Gasteiger partial charge < -0.3 is 19.1 Å². The Morgan fingerprint density at radius 3 is 2.55 bits per heavy atom. The van der Waals surface area contributed by atoms with Gasteiger partial charge >= 0.3 is 5.97 Å². The van der Waals surface area contributed by atoms with Crippen LogP contribution in [0.4, 0.5) is 5.69 Å². The highest BCUT2D eigenvalue weighted by Crippen LogP contribution is 2.30. The minimum atomic E-state index is -0.567. The van der Waals surface area contributed by atoms with Gasteiger partial charge in [-0.2, -0.15) is 0 Å². The van der Waals surface area contributed by atoms with E-state index in [0.717, 1.165) is 40.7 Å². The molecule has 7 heteroatoms. The van der Waals surface area contributed by atoms with Crippen LogP contribution in [0.5, 0.6) is 11.5 Å². The van der Waals surface area contributed by atoms with Gasteiger partial charge in [0.15, 0.2) is 6.61 Å². The second-order valence-corrected chi connectivity index (χ2v) is 7.40. The average Bonchev–Trinajstić information content (AvgIpc) is 2.80. The van der Waals surface area contributed by atoms with Crippen molar-refractivity contribution in [2.45, 2.75) is 19.8 Å². The summed E-state index contributed by atoms with van der Waals surface area (Å²) < 4.78 is 15.9. The van der Waals surface area contributed by atoms with E-state index in [1.165, 1.54) is 0 Å². The van der Waals surface area contributed by atoms with Crippen LogP contribution < -0.4 is 14.4 Å². The number of rotatable bonds is 5. The monoisotopic (exact) mass is 420 g/mol. The Balaban J connectivity index is 1.48. The fourth-order valence-corrected chi connectivity index (χ4v) is 3.82. The molecule has 0 bridgehead atoms.